The zero-order valence-corrected chi connectivity index (χ0v) is 17.7. The van der Waals surface area contributed by atoms with Gasteiger partial charge in [0.2, 0.25) is 5.91 Å². The van der Waals surface area contributed by atoms with Crippen molar-refractivity contribution in [2.45, 2.75) is 26.8 Å². The molecule has 30 heavy (non-hydrogen) atoms. The third kappa shape index (κ3) is 4.51. The van der Waals surface area contributed by atoms with Gasteiger partial charge in [0.15, 0.2) is 0 Å². The lowest BCUT2D eigenvalue weighted by Crippen LogP contribution is -2.33. The normalized spacial score (nSPS) is 11.6. The predicted molar refractivity (Wildman–Crippen MR) is 116 cm³/mol. The van der Waals surface area contributed by atoms with Crippen molar-refractivity contribution in [3.8, 4) is 22.8 Å². The largest absolute Gasteiger partial charge is 0.497 e. The average molecular weight is 407 g/mol. The minimum Gasteiger partial charge on any atom is -0.497 e. The lowest BCUT2D eigenvalue weighted by atomic mass is 10.0. The van der Waals surface area contributed by atoms with E-state index in [0.29, 0.717) is 22.9 Å². The van der Waals surface area contributed by atoms with Crippen LogP contribution >= 0.6 is 0 Å². The van der Waals surface area contributed by atoms with Gasteiger partial charge in [-0.15, -0.1) is 0 Å². The molecule has 156 valence electrons. The number of hydrogen-bond acceptors (Lipinski definition) is 5. The second-order valence-electron chi connectivity index (χ2n) is 7.09. The number of aromatic nitrogens is 2. The summed E-state index contributed by atoms with van der Waals surface area (Å²) in [6.07, 6.45) is 0. The van der Waals surface area contributed by atoms with Crippen molar-refractivity contribution in [2.75, 3.05) is 19.5 Å². The molecule has 0 saturated carbocycles. The maximum Gasteiger partial charge on any atom is 0.267 e. The van der Waals surface area contributed by atoms with E-state index in [2.05, 4.69) is 10.4 Å². The van der Waals surface area contributed by atoms with Crippen LogP contribution in [0.1, 0.15) is 24.1 Å². The fourth-order valence-corrected chi connectivity index (χ4v) is 3.10. The standard InChI is InChI=1S/C23H25N3O4/c1-14-6-7-15(2)20(10-14)21-8-9-22(27)26(25-21)16(3)23(28)24-17-11-18(29-4)13-19(12-17)30-5/h6-13,16H,1-5H3,(H,24,28)/t16-/m0/s1. The molecule has 0 aliphatic heterocycles. The van der Waals surface area contributed by atoms with Crippen LogP contribution < -0.4 is 20.3 Å². The Bertz CT molecular complexity index is 1120. The van der Waals surface area contributed by atoms with Gasteiger partial charge in [-0.2, -0.15) is 5.10 Å². The minimum atomic E-state index is -0.820. The van der Waals surface area contributed by atoms with Crippen molar-refractivity contribution >= 4 is 11.6 Å². The van der Waals surface area contributed by atoms with Crippen LogP contribution in [-0.4, -0.2) is 29.9 Å². The van der Waals surface area contributed by atoms with Crippen LogP contribution in [0.5, 0.6) is 11.5 Å². The second-order valence-corrected chi connectivity index (χ2v) is 7.09. The van der Waals surface area contributed by atoms with Gasteiger partial charge in [0.25, 0.3) is 5.56 Å². The molecule has 3 aromatic rings. The summed E-state index contributed by atoms with van der Waals surface area (Å²) in [4.78, 5) is 25.3. The van der Waals surface area contributed by atoms with Crippen LogP contribution in [0, 0.1) is 13.8 Å². The zero-order chi connectivity index (χ0) is 21.8. The SMILES string of the molecule is COc1cc(NC(=O)[C@H](C)n2nc(-c3cc(C)ccc3C)ccc2=O)cc(OC)c1. The Balaban J connectivity index is 1.91. The number of hydrogen-bond donors (Lipinski definition) is 1. The molecule has 0 aliphatic carbocycles. The summed E-state index contributed by atoms with van der Waals surface area (Å²) in [6, 6.07) is 13.4. The number of carbonyl (C=O) groups is 1. The van der Waals surface area contributed by atoms with E-state index in [4.69, 9.17) is 9.47 Å². The molecule has 0 saturated heterocycles. The molecule has 0 unspecified atom stereocenters. The first-order valence-corrected chi connectivity index (χ1v) is 9.54. The molecule has 1 amide bonds. The number of nitrogens with zero attached hydrogens (tertiary/aromatic N) is 2. The summed E-state index contributed by atoms with van der Waals surface area (Å²) in [5, 5.41) is 7.27. The van der Waals surface area contributed by atoms with Gasteiger partial charge < -0.3 is 14.8 Å². The molecule has 0 radical (unpaired) electrons. The first-order valence-electron chi connectivity index (χ1n) is 9.54. The van der Waals surface area contributed by atoms with Crippen LogP contribution in [0.4, 0.5) is 5.69 Å². The molecule has 1 aromatic heterocycles. The van der Waals surface area contributed by atoms with Gasteiger partial charge in [-0.05, 0) is 38.5 Å². The van der Waals surface area contributed by atoms with E-state index in [-0.39, 0.29) is 11.5 Å². The lowest BCUT2D eigenvalue weighted by molar-refractivity contribution is -0.119. The van der Waals surface area contributed by atoms with Gasteiger partial charge in [-0.1, -0.05) is 17.7 Å². The topological polar surface area (TPSA) is 82.5 Å². The predicted octanol–water partition coefficient (Wildman–Crippen LogP) is 3.74. The molecule has 0 fully saturated rings. The third-order valence-electron chi connectivity index (χ3n) is 4.86. The van der Waals surface area contributed by atoms with Gasteiger partial charge in [0.05, 0.1) is 19.9 Å². The summed E-state index contributed by atoms with van der Waals surface area (Å²) in [5.41, 5.74) is 3.84. The summed E-state index contributed by atoms with van der Waals surface area (Å²) in [7, 11) is 3.07. The molecule has 3 rings (SSSR count). The summed E-state index contributed by atoms with van der Waals surface area (Å²) < 4.78 is 11.7. The van der Waals surface area contributed by atoms with Crippen molar-refractivity contribution in [3.63, 3.8) is 0 Å². The number of anilines is 1. The van der Waals surface area contributed by atoms with Crippen molar-refractivity contribution in [2.24, 2.45) is 0 Å². The highest BCUT2D eigenvalue weighted by atomic mass is 16.5. The molecular weight excluding hydrogens is 382 g/mol. The van der Waals surface area contributed by atoms with E-state index in [1.54, 1.807) is 31.2 Å². The molecular formula is C23H25N3O4. The van der Waals surface area contributed by atoms with Gasteiger partial charge in [0.1, 0.15) is 17.5 Å². The molecule has 0 bridgehead atoms. The lowest BCUT2D eigenvalue weighted by Gasteiger charge is -2.16. The van der Waals surface area contributed by atoms with E-state index in [1.807, 2.05) is 32.0 Å². The highest BCUT2D eigenvalue weighted by molar-refractivity contribution is 5.93. The number of nitrogens with one attached hydrogen (secondary N) is 1. The fourth-order valence-electron chi connectivity index (χ4n) is 3.10. The number of benzene rings is 2. The Morgan fingerprint density at radius 1 is 1.00 bits per heavy atom. The van der Waals surface area contributed by atoms with Gasteiger partial charge in [-0.25, -0.2) is 4.68 Å². The van der Waals surface area contributed by atoms with Gasteiger partial charge in [0, 0.05) is 35.5 Å². The van der Waals surface area contributed by atoms with Crippen molar-refractivity contribution in [3.05, 3.63) is 70.0 Å². The number of methoxy groups -OCH3 is 2. The van der Waals surface area contributed by atoms with E-state index in [1.165, 1.54) is 25.0 Å². The molecule has 2 aromatic carbocycles. The Labute approximate surface area is 175 Å². The summed E-state index contributed by atoms with van der Waals surface area (Å²) >= 11 is 0. The highest BCUT2D eigenvalue weighted by Crippen LogP contribution is 2.26. The monoisotopic (exact) mass is 407 g/mol. The first kappa shape index (κ1) is 21.1. The quantitative estimate of drug-likeness (QED) is 0.673. The maximum absolute atomic E-state index is 12.8. The van der Waals surface area contributed by atoms with E-state index < -0.39 is 6.04 Å². The Kier molecular flexibility index (Phi) is 6.20. The molecule has 0 spiro atoms. The number of ether oxygens (including phenoxy) is 2. The van der Waals surface area contributed by atoms with E-state index >= 15 is 0 Å². The number of aryl methyl sites for hydroxylation is 2. The molecule has 1 N–H and O–H groups in total. The second kappa shape index (κ2) is 8.82. The van der Waals surface area contributed by atoms with E-state index in [9.17, 15) is 9.59 Å². The van der Waals surface area contributed by atoms with Crippen LogP contribution in [-0.2, 0) is 4.79 Å². The minimum absolute atomic E-state index is 0.352. The summed E-state index contributed by atoms with van der Waals surface area (Å²) in [5.74, 6) is 0.715. The molecule has 7 heteroatoms. The molecule has 7 nitrogen and oxygen atoms in total. The first-order chi connectivity index (χ1) is 14.3. The van der Waals surface area contributed by atoms with Gasteiger partial charge >= 0.3 is 0 Å². The molecule has 0 aliphatic rings. The maximum atomic E-state index is 12.8. The number of rotatable bonds is 6. The molecule has 1 heterocycles. The van der Waals surface area contributed by atoms with Crippen LogP contribution in [0.3, 0.4) is 0 Å². The van der Waals surface area contributed by atoms with Crippen LogP contribution in [0.25, 0.3) is 11.3 Å². The van der Waals surface area contributed by atoms with Crippen molar-refractivity contribution in [1.82, 2.24) is 9.78 Å². The van der Waals surface area contributed by atoms with Gasteiger partial charge in [-0.3, -0.25) is 9.59 Å². The van der Waals surface area contributed by atoms with Crippen LogP contribution in [0.15, 0.2) is 53.3 Å². The van der Waals surface area contributed by atoms with E-state index in [0.717, 1.165) is 16.7 Å². The number of amides is 1. The zero-order valence-electron chi connectivity index (χ0n) is 17.7. The fraction of sp³-hybridized carbons (Fsp3) is 0.261. The Hall–Kier alpha value is -3.61. The Morgan fingerprint density at radius 2 is 1.67 bits per heavy atom. The third-order valence-corrected chi connectivity index (χ3v) is 4.86. The highest BCUT2D eigenvalue weighted by Gasteiger charge is 2.19. The molecule has 1 atom stereocenters. The Morgan fingerprint density at radius 3 is 2.30 bits per heavy atom. The average Bonchev–Trinajstić information content (AvgIpc) is 2.75. The summed E-state index contributed by atoms with van der Waals surface area (Å²) in [6.45, 7) is 5.61. The smallest absolute Gasteiger partial charge is 0.267 e. The van der Waals surface area contributed by atoms with Crippen LogP contribution in [0.2, 0.25) is 0 Å². The number of carbonyl (C=O) groups excluding carboxylic acids is 1. The van der Waals surface area contributed by atoms with Crippen molar-refractivity contribution < 1.29 is 14.3 Å². The van der Waals surface area contributed by atoms with Crippen molar-refractivity contribution in [1.29, 1.82) is 0 Å².